The Balaban J connectivity index is 2.13. The van der Waals surface area contributed by atoms with Crippen LogP contribution in [0.1, 0.15) is 52.4 Å². The Hall–Kier alpha value is -0.0500. The van der Waals surface area contributed by atoms with E-state index in [1.165, 1.54) is 38.5 Å². The van der Waals surface area contributed by atoms with Crippen LogP contribution in [0, 0.1) is 0 Å². The van der Waals surface area contributed by atoms with Gasteiger partial charge in [-0.05, 0) is 26.2 Å². The minimum atomic E-state index is 0.267. The van der Waals surface area contributed by atoms with Crippen molar-refractivity contribution in [2.75, 3.05) is 19.6 Å². The molecule has 1 aliphatic carbocycles. The van der Waals surface area contributed by atoms with Gasteiger partial charge in [0.05, 0.1) is 0 Å². The molecule has 104 valence electrons. The molecule has 18 heavy (non-hydrogen) atoms. The zero-order valence-corrected chi connectivity index (χ0v) is 12.6. The lowest BCUT2D eigenvalue weighted by atomic mass is 9.76. The van der Waals surface area contributed by atoms with E-state index in [0.29, 0.717) is 5.54 Å². The second-order valence-corrected chi connectivity index (χ2v) is 6.55. The summed E-state index contributed by atoms with van der Waals surface area (Å²) in [6.07, 6.45) is 10.1. The van der Waals surface area contributed by atoms with Crippen LogP contribution in [0.3, 0.4) is 0 Å². The zero-order chi connectivity index (χ0) is 13.1. The molecule has 1 atom stereocenters. The molecule has 0 aromatic carbocycles. The van der Waals surface area contributed by atoms with Crippen LogP contribution in [0.15, 0.2) is 11.6 Å². The van der Waals surface area contributed by atoms with Gasteiger partial charge >= 0.3 is 0 Å². The van der Waals surface area contributed by atoms with Gasteiger partial charge in [0.25, 0.3) is 0 Å². The fourth-order valence-electron chi connectivity index (χ4n) is 3.50. The van der Waals surface area contributed by atoms with Gasteiger partial charge in [-0.15, -0.1) is 0 Å². The third-order valence-corrected chi connectivity index (χ3v) is 5.21. The van der Waals surface area contributed by atoms with Crippen LogP contribution in [0.25, 0.3) is 0 Å². The lowest BCUT2D eigenvalue weighted by Crippen LogP contribution is -2.69. The molecule has 1 unspecified atom stereocenters. The number of piperazine rings is 1. The fourth-order valence-corrected chi connectivity index (χ4v) is 3.58. The average molecular weight is 271 g/mol. The predicted molar refractivity (Wildman–Crippen MR) is 79.1 cm³/mol. The van der Waals surface area contributed by atoms with Crippen LogP contribution < -0.4 is 5.32 Å². The Labute approximate surface area is 117 Å². The molecule has 0 radical (unpaired) electrons. The highest BCUT2D eigenvalue weighted by molar-refractivity contribution is 6.25. The van der Waals surface area contributed by atoms with Crippen molar-refractivity contribution in [1.29, 1.82) is 0 Å². The minimum absolute atomic E-state index is 0.267. The molecule has 2 nitrogen and oxygen atoms in total. The van der Waals surface area contributed by atoms with E-state index in [2.05, 4.69) is 30.1 Å². The Morgan fingerprint density at radius 3 is 2.61 bits per heavy atom. The highest BCUT2D eigenvalue weighted by Crippen LogP contribution is 2.37. The highest BCUT2D eigenvalue weighted by Gasteiger charge is 2.44. The maximum atomic E-state index is 5.73. The van der Waals surface area contributed by atoms with Crippen molar-refractivity contribution in [2.45, 2.75) is 63.5 Å². The molecule has 1 N–H and O–H groups in total. The molecule has 1 saturated carbocycles. The standard InChI is InChI=1S/C15H27ClN2/c1-3-14(2)13-18(11-7-10-16)15(12-17-14)8-5-4-6-9-15/h7,10,17H,3-6,8-9,11-13H2,1-2H3/b10-7+. The van der Waals surface area contributed by atoms with Gasteiger partial charge in [0.2, 0.25) is 0 Å². The first-order chi connectivity index (χ1) is 8.64. The van der Waals surface area contributed by atoms with E-state index in [4.69, 9.17) is 11.6 Å². The summed E-state index contributed by atoms with van der Waals surface area (Å²) in [5.41, 5.74) is 2.33. The number of rotatable bonds is 3. The molecule has 0 amide bonds. The summed E-state index contributed by atoms with van der Waals surface area (Å²) in [5.74, 6) is 0. The zero-order valence-electron chi connectivity index (χ0n) is 11.8. The normalized spacial score (nSPS) is 33.3. The van der Waals surface area contributed by atoms with E-state index in [9.17, 15) is 0 Å². The number of nitrogens with zero attached hydrogens (tertiary/aromatic N) is 1. The lowest BCUT2D eigenvalue weighted by molar-refractivity contribution is -0.00708. The van der Waals surface area contributed by atoms with Gasteiger partial charge in [0.15, 0.2) is 0 Å². The monoisotopic (exact) mass is 270 g/mol. The first kappa shape index (κ1) is 14.4. The van der Waals surface area contributed by atoms with E-state index < -0.39 is 0 Å². The first-order valence-corrected chi connectivity index (χ1v) is 7.83. The van der Waals surface area contributed by atoms with Crippen LogP contribution in [-0.4, -0.2) is 35.6 Å². The van der Waals surface area contributed by atoms with Gasteiger partial charge in [-0.2, -0.15) is 0 Å². The molecule has 1 spiro atoms. The summed E-state index contributed by atoms with van der Waals surface area (Å²) in [4.78, 5) is 2.69. The van der Waals surface area contributed by atoms with Gasteiger partial charge in [-0.1, -0.05) is 43.9 Å². The summed E-state index contributed by atoms with van der Waals surface area (Å²) in [6.45, 7) is 7.92. The van der Waals surface area contributed by atoms with Gasteiger partial charge in [-0.3, -0.25) is 4.90 Å². The van der Waals surface area contributed by atoms with Gasteiger partial charge < -0.3 is 5.32 Å². The molecule has 3 heteroatoms. The number of nitrogens with one attached hydrogen (secondary N) is 1. The van der Waals surface area contributed by atoms with Crippen molar-refractivity contribution in [3.8, 4) is 0 Å². The third-order valence-electron chi connectivity index (χ3n) is 5.03. The SMILES string of the molecule is CCC1(C)CN(C/C=C/Cl)C2(CCCCC2)CN1. The van der Waals surface area contributed by atoms with Gasteiger partial charge in [-0.25, -0.2) is 0 Å². The molecule has 0 aromatic heterocycles. The van der Waals surface area contributed by atoms with Crippen LogP contribution in [0.4, 0.5) is 0 Å². The Morgan fingerprint density at radius 2 is 2.00 bits per heavy atom. The lowest BCUT2D eigenvalue weighted by Gasteiger charge is -2.55. The van der Waals surface area contributed by atoms with E-state index in [1.54, 1.807) is 5.54 Å². The second-order valence-electron chi connectivity index (χ2n) is 6.29. The van der Waals surface area contributed by atoms with E-state index in [0.717, 1.165) is 19.6 Å². The molecule has 2 fully saturated rings. The maximum absolute atomic E-state index is 5.73. The van der Waals surface area contributed by atoms with E-state index in [-0.39, 0.29) is 5.54 Å². The van der Waals surface area contributed by atoms with Gasteiger partial charge in [0.1, 0.15) is 0 Å². The summed E-state index contributed by atoms with van der Waals surface area (Å²) < 4.78 is 0. The number of halogens is 1. The topological polar surface area (TPSA) is 15.3 Å². The summed E-state index contributed by atoms with van der Waals surface area (Å²) in [5, 5.41) is 3.81. The third kappa shape index (κ3) is 2.92. The Morgan fingerprint density at radius 1 is 1.28 bits per heavy atom. The molecular formula is C15H27ClN2. The highest BCUT2D eigenvalue weighted by atomic mass is 35.5. The Bertz CT molecular complexity index is 297. The molecule has 0 bridgehead atoms. The van der Waals surface area contributed by atoms with Crippen LogP contribution in [0.5, 0.6) is 0 Å². The van der Waals surface area contributed by atoms with Crippen molar-refractivity contribution >= 4 is 11.6 Å². The summed E-state index contributed by atoms with van der Waals surface area (Å²) in [6, 6.07) is 0. The van der Waals surface area contributed by atoms with Crippen molar-refractivity contribution in [1.82, 2.24) is 10.2 Å². The second kappa shape index (κ2) is 5.94. The van der Waals surface area contributed by atoms with E-state index in [1.807, 2.05) is 0 Å². The molecule has 0 aromatic rings. The minimum Gasteiger partial charge on any atom is -0.308 e. The van der Waals surface area contributed by atoms with Crippen LogP contribution >= 0.6 is 11.6 Å². The quantitative estimate of drug-likeness (QED) is 0.844. The van der Waals surface area contributed by atoms with Gasteiger partial charge in [0, 0.05) is 36.2 Å². The molecular weight excluding hydrogens is 244 g/mol. The van der Waals surface area contributed by atoms with Crippen molar-refractivity contribution < 1.29 is 0 Å². The summed E-state index contributed by atoms with van der Waals surface area (Å²) in [7, 11) is 0. The maximum Gasteiger partial charge on any atom is 0.0338 e. The molecule has 1 aliphatic heterocycles. The first-order valence-electron chi connectivity index (χ1n) is 7.39. The Kier molecular flexibility index (Phi) is 4.74. The van der Waals surface area contributed by atoms with Crippen LogP contribution in [0.2, 0.25) is 0 Å². The number of hydrogen-bond acceptors (Lipinski definition) is 2. The number of hydrogen-bond donors (Lipinski definition) is 1. The van der Waals surface area contributed by atoms with Crippen molar-refractivity contribution in [2.24, 2.45) is 0 Å². The predicted octanol–water partition coefficient (Wildman–Crippen LogP) is 3.52. The smallest absolute Gasteiger partial charge is 0.0338 e. The van der Waals surface area contributed by atoms with Crippen LogP contribution in [-0.2, 0) is 0 Å². The van der Waals surface area contributed by atoms with Crippen molar-refractivity contribution in [3.63, 3.8) is 0 Å². The van der Waals surface area contributed by atoms with Crippen molar-refractivity contribution in [3.05, 3.63) is 11.6 Å². The summed E-state index contributed by atoms with van der Waals surface area (Å²) >= 11 is 5.73. The van der Waals surface area contributed by atoms with E-state index >= 15 is 0 Å². The molecule has 1 saturated heterocycles. The molecule has 2 aliphatic rings. The average Bonchev–Trinajstić information content (AvgIpc) is 2.42. The molecule has 1 heterocycles. The largest absolute Gasteiger partial charge is 0.308 e. The molecule has 2 rings (SSSR count). The fraction of sp³-hybridized carbons (Fsp3) is 0.867.